The zero-order valence-electron chi connectivity index (χ0n) is 9.97. The Morgan fingerprint density at radius 3 is 2.82 bits per heavy atom. The third kappa shape index (κ3) is 2.17. The fourth-order valence-electron chi connectivity index (χ4n) is 2.12. The van der Waals surface area contributed by atoms with Crippen molar-refractivity contribution in [3.8, 4) is 0 Å². The molecule has 0 bridgehead atoms. The lowest BCUT2D eigenvalue weighted by molar-refractivity contribution is -0.139. The van der Waals surface area contributed by atoms with Gasteiger partial charge in [-0.05, 0) is 18.7 Å². The van der Waals surface area contributed by atoms with Crippen LogP contribution in [0.25, 0.3) is 10.9 Å². The largest absolute Gasteiger partial charge is 0.480 e. The Balaban J connectivity index is 2.39. The zero-order valence-corrected chi connectivity index (χ0v) is 9.97. The Bertz CT molecular complexity index is 545. The van der Waals surface area contributed by atoms with Crippen molar-refractivity contribution < 1.29 is 9.90 Å². The van der Waals surface area contributed by atoms with Gasteiger partial charge in [-0.25, -0.2) is 0 Å². The summed E-state index contributed by atoms with van der Waals surface area (Å²) in [4.78, 5) is 11.0. The van der Waals surface area contributed by atoms with Gasteiger partial charge in [-0.15, -0.1) is 0 Å². The summed E-state index contributed by atoms with van der Waals surface area (Å²) in [6.07, 6.45) is 2.49. The molecule has 0 amide bonds. The summed E-state index contributed by atoms with van der Waals surface area (Å²) in [5, 5.41) is 13.0. The number of rotatable bonds is 4. The number of carboxylic acids is 1. The van der Waals surface area contributed by atoms with E-state index in [1.165, 1.54) is 0 Å². The van der Waals surface area contributed by atoms with Crippen LogP contribution in [0.1, 0.15) is 5.56 Å². The van der Waals surface area contributed by atoms with Gasteiger partial charge in [0.1, 0.15) is 6.04 Å². The SMILES string of the molecule is CNC(Cc1cn(C)c2ccccc12)C(=O)O. The van der Waals surface area contributed by atoms with Crippen LogP contribution in [0.15, 0.2) is 30.5 Å². The maximum Gasteiger partial charge on any atom is 0.321 e. The van der Waals surface area contributed by atoms with E-state index in [9.17, 15) is 4.79 Å². The predicted molar refractivity (Wildman–Crippen MR) is 67.1 cm³/mol. The van der Waals surface area contributed by atoms with E-state index >= 15 is 0 Å². The van der Waals surface area contributed by atoms with Gasteiger partial charge in [0.2, 0.25) is 0 Å². The Hall–Kier alpha value is -1.81. The lowest BCUT2D eigenvalue weighted by Gasteiger charge is -2.09. The number of aliphatic carboxylic acids is 1. The Labute approximate surface area is 99.9 Å². The molecule has 1 aromatic heterocycles. The van der Waals surface area contributed by atoms with Crippen LogP contribution in [0.4, 0.5) is 0 Å². The number of likely N-dealkylation sites (N-methyl/N-ethyl adjacent to an activating group) is 1. The molecule has 0 saturated heterocycles. The number of carboxylic acid groups (broad SMARTS) is 1. The van der Waals surface area contributed by atoms with Gasteiger partial charge >= 0.3 is 5.97 Å². The van der Waals surface area contributed by atoms with Gasteiger partial charge in [0.25, 0.3) is 0 Å². The quantitative estimate of drug-likeness (QED) is 0.837. The Morgan fingerprint density at radius 1 is 1.47 bits per heavy atom. The van der Waals surface area contributed by atoms with E-state index < -0.39 is 12.0 Å². The highest BCUT2D eigenvalue weighted by Crippen LogP contribution is 2.21. The molecule has 0 saturated carbocycles. The number of hydrogen-bond donors (Lipinski definition) is 2. The topological polar surface area (TPSA) is 54.3 Å². The summed E-state index contributed by atoms with van der Waals surface area (Å²) in [7, 11) is 3.64. The van der Waals surface area contributed by atoms with Crippen LogP contribution in [-0.4, -0.2) is 28.7 Å². The number of benzene rings is 1. The number of nitrogens with zero attached hydrogens (tertiary/aromatic N) is 1. The van der Waals surface area contributed by atoms with E-state index in [0.717, 1.165) is 16.5 Å². The third-order valence-electron chi connectivity index (χ3n) is 3.05. The van der Waals surface area contributed by atoms with Crippen molar-refractivity contribution in [1.29, 1.82) is 0 Å². The van der Waals surface area contributed by atoms with Gasteiger partial charge in [0.15, 0.2) is 0 Å². The molecule has 0 fully saturated rings. The minimum absolute atomic E-state index is 0.493. The lowest BCUT2D eigenvalue weighted by atomic mass is 10.1. The van der Waals surface area contributed by atoms with E-state index in [4.69, 9.17) is 5.11 Å². The molecule has 2 aromatic rings. The first-order chi connectivity index (χ1) is 8.13. The van der Waals surface area contributed by atoms with Crippen molar-refractivity contribution in [2.24, 2.45) is 7.05 Å². The third-order valence-corrected chi connectivity index (χ3v) is 3.05. The monoisotopic (exact) mass is 232 g/mol. The number of fused-ring (bicyclic) bond motifs is 1. The van der Waals surface area contributed by atoms with Crippen molar-refractivity contribution in [3.05, 3.63) is 36.0 Å². The molecular weight excluding hydrogens is 216 g/mol. The van der Waals surface area contributed by atoms with Crippen LogP contribution >= 0.6 is 0 Å². The summed E-state index contributed by atoms with van der Waals surface area (Å²) in [5.74, 6) is -0.819. The van der Waals surface area contributed by atoms with E-state index in [2.05, 4.69) is 5.32 Å². The van der Waals surface area contributed by atoms with Crippen LogP contribution in [0.2, 0.25) is 0 Å². The first-order valence-electron chi connectivity index (χ1n) is 5.56. The second kappa shape index (κ2) is 4.59. The molecular formula is C13H16N2O2. The van der Waals surface area contributed by atoms with Gasteiger partial charge in [0, 0.05) is 30.6 Å². The Morgan fingerprint density at radius 2 is 2.18 bits per heavy atom. The molecule has 0 radical (unpaired) electrons. The molecule has 2 N–H and O–H groups in total. The second-order valence-electron chi connectivity index (χ2n) is 4.17. The molecule has 17 heavy (non-hydrogen) atoms. The van der Waals surface area contributed by atoms with Gasteiger partial charge in [-0.1, -0.05) is 18.2 Å². The first kappa shape index (κ1) is 11.7. The number of hydrogen-bond acceptors (Lipinski definition) is 2. The summed E-state index contributed by atoms with van der Waals surface area (Å²) < 4.78 is 2.03. The number of aryl methyl sites for hydroxylation is 1. The molecule has 4 nitrogen and oxygen atoms in total. The molecule has 1 aromatic carbocycles. The van der Waals surface area contributed by atoms with E-state index in [1.807, 2.05) is 42.1 Å². The number of carbonyl (C=O) groups is 1. The first-order valence-corrected chi connectivity index (χ1v) is 5.56. The normalized spacial score (nSPS) is 12.8. The molecule has 0 spiro atoms. The van der Waals surface area contributed by atoms with E-state index in [-0.39, 0.29) is 0 Å². The molecule has 0 aliphatic carbocycles. The molecule has 1 heterocycles. The molecule has 90 valence electrons. The number of aromatic nitrogens is 1. The fourth-order valence-corrected chi connectivity index (χ4v) is 2.12. The summed E-state index contributed by atoms with van der Waals surface area (Å²) in [6, 6.07) is 7.48. The fraction of sp³-hybridized carbons (Fsp3) is 0.308. The predicted octanol–water partition coefficient (Wildman–Crippen LogP) is 1.39. The number of nitrogens with one attached hydrogen (secondary N) is 1. The summed E-state index contributed by atoms with van der Waals surface area (Å²) in [6.45, 7) is 0. The zero-order chi connectivity index (χ0) is 12.4. The average molecular weight is 232 g/mol. The summed E-state index contributed by atoms with van der Waals surface area (Å²) in [5.41, 5.74) is 2.19. The molecule has 1 atom stereocenters. The van der Waals surface area contributed by atoms with Crippen LogP contribution in [-0.2, 0) is 18.3 Å². The maximum atomic E-state index is 11.0. The minimum atomic E-state index is -0.819. The van der Waals surface area contributed by atoms with Crippen LogP contribution in [0.3, 0.4) is 0 Å². The van der Waals surface area contributed by atoms with Crippen molar-refractivity contribution in [2.45, 2.75) is 12.5 Å². The van der Waals surface area contributed by atoms with Crippen LogP contribution < -0.4 is 5.32 Å². The van der Waals surface area contributed by atoms with Crippen molar-refractivity contribution in [2.75, 3.05) is 7.05 Å². The molecule has 4 heteroatoms. The lowest BCUT2D eigenvalue weighted by Crippen LogP contribution is -2.35. The van der Waals surface area contributed by atoms with Gasteiger partial charge in [0.05, 0.1) is 0 Å². The van der Waals surface area contributed by atoms with E-state index in [0.29, 0.717) is 6.42 Å². The highest BCUT2D eigenvalue weighted by Gasteiger charge is 2.17. The second-order valence-corrected chi connectivity index (χ2v) is 4.17. The van der Waals surface area contributed by atoms with Crippen molar-refractivity contribution in [3.63, 3.8) is 0 Å². The van der Waals surface area contributed by atoms with Crippen molar-refractivity contribution >= 4 is 16.9 Å². The Kier molecular flexibility index (Phi) is 3.15. The number of para-hydroxylation sites is 1. The minimum Gasteiger partial charge on any atom is -0.480 e. The molecule has 2 rings (SSSR count). The van der Waals surface area contributed by atoms with Crippen LogP contribution in [0.5, 0.6) is 0 Å². The standard InChI is InChI=1S/C13H16N2O2/c1-14-11(13(16)17)7-9-8-15(2)12-6-4-3-5-10(9)12/h3-6,8,11,14H,7H2,1-2H3,(H,16,17). The highest BCUT2D eigenvalue weighted by atomic mass is 16.4. The van der Waals surface area contributed by atoms with Crippen molar-refractivity contribution in [1.82, 2.24) is 9.88 Å². The highest BCUT2D eigenvalue weighted by molar-refractivity contribution is 5.85. The maximum absolute atomic E-state index is 11.0. The summed E-state index contributed by atoms with van der Waals surface area (Å²) >= 11 is 0. The average Bonchev–Trinajstić information content (AvgIpc) is 2.63. The van der Waals surface area contributed by atoms with Gasteiger partial charge < -0.3 is 15.0 Å². The van der Waals surface area contributed by atoms with Crippen LogP contribution in [0, 0.1) is 0 Å². The molecule has 0 aliphatic heterocycles. The smallest absolute Gasteiger partial charge is 0.321 e. The molecule has 0 aliphatic rings. The van der Waals surface area contributed by atoms with E-state index in [1.54, 1.807) is 7.05 Å². The van der Waals surface area contributed by atoms with Gasteiger partial charge in [-0.3, -0.25) is 4.79 Å². The van der Waals surface area contributed by atoms with Gasteiger partial charge in [-0.2, -0.15) is 0 Å². The molecule has 1 unspecified atom stereocenters.